The summed E-state index contributed by atoms with van der Waals surface area (Å²) in [7, 11) is 0. The van der Waals surface area contributed by atoms with Gasteiger partial charge in [0.15, 0.2) is 0 Å². The maximum Gasteiger partial charge on any atom is 0.254 e. The van der Waals surface area contributed by atoms with Gasteiger partial charge >= 0.3 is 0 Å². The van der Waals surface area contributed by atoms with Gasteiger partial charge in [0.1, 0.15) is 0 Å². The molecule has 6 nitrogen and oxygen atoms in total. The molecule has 5 N–H and O–H groups in total. The number of carbonyl (C=O) groups is 1. The lowest BCUT2D eigenvalue weighted by Gasteiger charge is -2.12. The summed E-state index contributed by atoms with van der Waals surface area (Å²) in [6.45, 7) is 1.89. The maximum atomic E-state index is 11.8. The molecular weight excluding hydrogens is 244 g/mol. The first kappa shape index (κ1) is 13.1. The summed E-state index contributed by atoms with van der Waals surface area (Å²) in [4.78, 5) is 11.8. The van der Waals surface area contributed by atoms with Crippen LogP contribution in [0.3, 0.4) is 0 Å². The number of aryl methyl sites for hydroxylation is 1. The summed E-state index contributed by atoms with van der Waals surface area (Å²) in [5.74, 6) is -0.263. The van der Waals surface area contributed by atoms with Crippen LogP contribution in [-0.2, 0) is 0 Å². The Bertz CT molecular complexity index is 562. The number of aromatic nitrogens is 2. The van der Waals surface area contributed by atoms with Crippen LogP contribution in [0.15, 0.2) is 30.5 Å². The van der Waals surface area contributed by atoms with Crippen molar-refractivity contribution in [3.05, 3.63) is 47.3 Å². The van der Waals surface area contributed by atoms with Crippen LogP contribution < -0.4 is 11.1 Å². The molecular formula is C13H16N4O2. The van der Waals surface area contributed by atoms with Gasteiger partial charge in [-0.3, -0.25) is 9.89 Å². The Morgan fingerprint density at radius 2 is 2.16 bits per heavy atom. The normalized spacial score (nSPS) is 12.1. The van der Waals surface area contributed by atoms with E-state index in [-0.39, 0.29) is 12.5 Å². The number of amides is 1. The zero-order valence-electron chi connectivity index (χ0n) is 10.6. The van der Waals surface area contributed by atoms with Gasteiger partial charge in [0.25, 0.3) is 5.91 Å². The molecule has 2 aromatic rings. The van der Waals surface area contributed by atoms with Crippen LogP contribution >= 0.6 is 0 Å². The van der Waals surface area contributed by atoms with Crippen molar-refractivity contribution in [3.8, 4) is 0 Å². The van der Waals surface area contributed by atoms with Crippen LogP contribution in [0.4, 0.5) is 5.69 Å². The summed E-state index contributed by atoms with van der Waals surface area (Å²) in [6.07, 6.45) is 0.692. The second kappa shape index (κ2) is 5.53. The molecule has 0 spiro atoms. The predicted molar refractivity (Wildman–Crippen MR) is 71.5 cm³/mol. The number of carbonyl (C=O) groups excluding carboxylic acids is 1. The van der Waals surface area contributed by atoms with Gasteiger partial charge in [-0.05, 0) is 24.6 Å². The lowest BCUT2D eigenvalue weighted by atomic mass is 10.1. The van der Waals surface area contributed by atoms with Gasteiger partial charge in [-0.2, -0.15) is 5.10 Å². The number of aliphatic hydroxyl groups is 1. The second-order valence-corrected chi connectivity index (χ2v) is 4.30. The number of hydrogen-bond acceptors (Lipinski definition) is 4. The fourth-order valence-corrected chi connectivity index (χ4v) is 1.70. The van der Waals surface area contributed by atoms with Gasteiger partial charge in [0.2, 0.25) is 0 Å². The molecule has 19 heavy (non-hydrogen) atoms. The van der Waals surface area contributed by atoms with E-state index < -0.39 is 6.10 Å². The van der Waals surface area contributed by atoms with Crippen molar-refractivity contribution < 1.29 is 9.90 Å². The first-order valence-corrected chi connectivity index (χ1v) is 5.89. The average Bonchev–Trinajstić information content (AvgIpc) is 2.83. The van der Waals surface area contributed by atoms with Crippen molar-refractivity contribution in [1.29, 1.82) is 0 Å². The molecule has 100 valence electrons. The third-order valence-corrected chi connectivity index (χ3v) is 2.85. The van der Waals surface area contributed by atoms with Crippen LogP contribution in [0.1, 0.15) is 27.7 Å². The van der Waals surface area contributed by atoms with Crippen molar-refractivity contribution >= 4 is 11.6 Å². The third kappa shape index (κ3) is 3.11. The number of hydrogen-bond donors (Lipinski definition) is 4. The van der Waals surface area contributed by atoms with Gasteiger partial charge in [-0.15, -0.1) is 0 Å². The highest BCUT2D eigenvalue weighted by molar-refractivity contribution is 5.94. The Balaban J connectivity index is 1.94. The number of aliphatic hydroxyl groups excluding tert-OH is 1. The molecule has 6 heteroatoms. The van der Waals surface area contributed by atoms with Crippen molar-refractivity contribution in [3.63, 3.8) is 0 Å². The minimum absolute atomic E-state index is 0.132. The van der Waals surface area contributed by atoms with Crippen molar-refractivity contribution in [2.45, 2.75) is 13.0 Å². The SMILES string of the molecule is Cc1[nH]ncc1C(=O)NCC(O)c1ccc(N)cc1. The van der Waals surface area contributed by atoms with E-state index in [9.17, 15) is 9.90 Å². The largest absolute Gasteiger partial charge is 0.399 e. The predicted octanol–water partition coefficient (Wildman–Crippen LogP) is 0.764. The first-order valence-electron chi connectivity index (χ1n) is 5.89. The van der Waals surface area contributed by atoms with Crippen molar-refractivity contribution in [1.82, 2.24) is 15.5 Å². The number of rotatable bonds is 4. The second-order valence-electron chi connectivity index (χ2n) is 4.30. The van der Waals surface area contributed by atoms with E-state index in [1.807, 2.05) is 0 Å². The molecule has 1 unspecified atom stereocenters. The van der Waals surface area contributed by atoms with E-state index in [1.54, 1.807) is 31.2 Å². The monoisotopic (exact) mass is 260 g/mol. The van der Waals surface area contributed by atoms with E-state index in [0.717, 1.165) is 0 Å². The molecule has 1 aromatic carbocycles. The molecule has 0 aliphatic heterocycles. The first-order chi connectivity index (χ1) is 9.08. The number of benzene rings is 1. The molecule has 2 rings (SSSR count). The Morgan fingerprint density at radius 1 is 1.47 bits per heavy atom. The van der Waals surface area contributed by atoms with Crippen LogP contribution in [0, 0.1) is 6.92 Å². The summed E-state index contributed by atoms with van der Waals surface area (Å²) < 4.78 is 0. The average molecular weight is 260 g/mol. The van der Waals surface area contributed by atoms with Gasteiger partial charge in [-0.1, -0.05) is 12.1 Å². The molecule has 0 aliphatic carbocycles. The van der Waals surface area contributed by atoms with Crippen LogP contribution in [-0.4, -0.2) is 27.8 Å². The Kier molecular flexibility index (Phi) is 3.82. The van der Waals surface area contributed by atoms with E-state index >= 15 is 0 Å². The van der Waals surface area contributed by atoms with E-state index in [0.29, 0.717) is 22.5 Å². The molecule has 1 aromatic heterocycles. The fourth-order valence-electron chi connectivity index (χ4n) is 1.70. The zero-order chi connectivity index (χ0) is 13.8. The Morgan fingerprint density at radius 3 is 2.74 bits per heavy atom. The fraction of sp³-hybridized carbons (Fsp3) is 0.231. The van der Waals surface area contributed by atoms with Crippen LogP contribution in [0.2, 0.25) is 0 Å². The molecule has 0 saturated carbocycles. The standard InChI is InChI=1S/C13H16N4O2/c1-8-11(6-16-17-8)13(19)15-7-12(18)9-2-4-10(14)5-3-9/h2-6,12,18H,7,14H2,1H3,(H,15,19)(H,16,17). The zero-order valence-corrected chi connectivity index (χ0v) is 10.6. The minimum Gasteiger partial charge on any atom is -0.399 e. The summed E-state index contributed by atoms with van der Waals surface area (Å²) in [5.41, 5.74) is 8.08. The smallest absolute Gasteiger partial charge is 0.254 e. The molecule has 1 amide bonds. The van der Waals surface area contributed by atoms with E-state index in [1.165, 1.54) is 6.20 Å². The number of aromatic amines is 1. The number of H-pyrrole nitrogens is 1. The van der Waals surface area contributed by atoms with Gasteiger partial charge in [0.05, 0.1) is 17.9 Å². The minimum atomic E-state index is -0.767. The van der Waals surface area contributed by atoms with E-state index in [2.05, 4.69) is 15.5 Å². The van der Waals surface area contributed by atoms with Crippen LogP contribution in [0.25, 0.3) is 0 Å². The molecule has 0 bridgehead atoms. The third-order valence-electron chi connectivity index (χ3n) is 2.85. The van der Waals surface area contributed by atoms with Crippen LogP contribution in [0.5, 0.6) is 0 Å². The van der Waals surface area contributed by atoms with Gasteiger partial charge in [0, 0.05) is 17.9 Å². The maximum absolute atomic E-state index is 11.8. The lowest BCUT2D eigenvalue weighted by Crippen LogP contribution is -2.28. The molecule has 0 aliphatic rings. The number of nitrogens with two attached hydrogens (primary N) is 1. The quantitative estimate of drug-likeness (QED) is 0.609. The Labute approximate surface area is 110 Å². The van der Waals surface area contributed by atoms with E-state index in [4.69, 9.17) is 5.73 Å². The highest BCUT2D eigenvalue weighted by Gasteiger charge is 2.13. The Hall–Kier alpha value is -2.34. The number of nitrogens with zero attached hydrogens (tertiary/aromatic N) is 1. The van der Waals surface area contributed by atoms with Gasteiger partial charge in [-0.25, -0.2) is 0 Å². The topological polar surface area (TPSA) is 104 Å². The molecule has 0 saturated heterocycles. The lowest BCUT2D eigenvalue weighted by molar-refractivity contribution is 0.0916. The van der Waals surface area contributed by atoms with Gasteiger partial charge < -0.3 is 16.2 Å². The molecule has 0 radical (unpaired) electrons. The van der Waals surface area contributed by atoms with Crippen molar-refractivity contribution in [2.75, 3.05) is 12.3 Å². The van der Waals surface area contributed by atoms with Crippen molar-refractivity contribution in [2.24, 2.45) is 0 Å². The molecule has 1 heterocycles. The summed E-state index contributed by atoms with van der Waals surface area (Å²) in [5, 5.41) is 19.1. The molecule has 1 atom stereocenters. The summed E-state index contributed by atoms with van der Waals surface area (Å²) in [6, 6.07) is 6.88. The highest BCUT2D eigenvalue weighted by atomic mass is 16.3. The number of nitrogens with one attached hydrogen (secondary N) is 2. The number of anilines is 1. The molecule has 0 fully saturated rings. The number of nitrogen functional groups attached to an aromatic ring is 1. The summed E-state index contributed by atoms with van der Waals surface area (Å²) >= 11 is 0. The highest BCUT2D eigenvalue weighted by Crippen LogP contribution is 2.14.